The molecule has 0 radical (unpaired) electrons. The summed E-state index contributed by atoms with van der Waals surface area (Å²) in [4.78, 5) is 2.49. The molecule has 24 heavy (non-hydrogen) atoms. The normalized spacial score (nSPS) is 25.1. The average molecular weight is 344 g/mol. The van der Waals surface area contributed by atoms with Gasteiger partial charge in [-0.05, 0) is 30.1 Å². The van der Waals surface area contributed by atoms with Crippen molar-refractivity contribution in [1.29, 1.82) is 0 Å². The molecule has 1 aliphatic heterocycles. The molecule has 0 aromatic heterocycles. The summed E-state index contributed by atoms with van der Waals surface area (Å²) in [5.41, 5.74) is 1.37. The molecule has 0 amide bonds. The van der Waals surface area contributed by atoms with Crippen molar-refractivity contribution in [3.05, 3.63) is 61.2 Å². The fraction of sp³-hybridized carbons (Fsp3) is 0.524. The van der Waals surface area contributed by atoms with E-state index < -0.39 is 8.32 Å². The van der Waals surface area contributed by atoms with Crippen molar-refractivity contribution < 1.29 is 4.43 Å². The van der Waals surface area contributed by atoms with Gasteiger partial charge in [0.15, 0.2) is 8.32 Å². The van der Waals surface area contributed by atoms with Crippen LogP contribution >= 0.6 is 0 Å². The fourth-order valence-corrected chi connectivity index (χ4v) is 4.46. The van der Waals surface area contributed by atoms with Gasteiger partial charge in [-0.3, -0.25) is 4.90 Å². The number of hydrogen-bond acceptors (Lipinski definition) is 2. The molecule has 2 unspecified atom stereocenters. The van der Waals surface area contributed by atoms with Gasteiger partial charge in [-0.25, -0.2) is 0 Å². The molecule has 1 aromatic rings. The Morgan fingerprint density at radius 1 is 1.17 bits per heavy atom. The first-order valence-electron chi connectivity index (χ1n) is 8.93. The van der Waals surface area contributed by atoms with Crippen molar-refractivity contribution in [2.75, 3.05) is 6.54 Å². The van der Waals surface area contributed by atoms with Gasteiger partial charge >= 0.3 is 0 Å². The number of nitrogens with zero attached hydrogens (tertiary/aromatic N) is 1. The summed E-state index contributed by atoms with van der Waals surface area (Å²) < 4.78 is 6.79. The summed E-state index contributed by atoms with van der Waals surface area (Å²) in [6, 6.07) is 11.6. The van der Waals surface area contributed by atoms with Gasteiger partial charge in [-0.1, -0.05) is 63.3 Å². The minimum Gasteiger partial charge on any atom is -0.412 e. The first-order valence-corrected chi connectivity index (χ1v) is 11.8. The maximum absolute atomic E-state index is 6.79. The van der Waals surface area contributed by atoms with E-state index in [1.807, 2.05) is 12.2 Å². The number of benzene rings is 1. The topological polar surface area (TPSA) is 12.2 Å². The molecule has 1 aromatic carbocycles. The second-order valence-electron chi connectivity index (χ2n) is 8.27. The zero-order chi connectivity index (χ0) is 18.0. The highest BCUT2D eigenvalue weighted by Crippen LogP contribution is 2.48. The summed E-state index contributed by atoms with van der Waals surface area (Å²) in [7, 11) is -1.81. The maximum Gasteiger partial charge on any atom is 0.192 e. The summed E-state index contributed by atoms with van der Waals surface area (Å²) >= 11 is 0. The largest absolute Gasteiger partial charge is 0.412 e. The molecule has 2 rings (SSSR count). The first-order chi connectivity index (χ1) is 11.2. The minimum atomic E-state index is -1.81. The molecule has 2 nitrogen and oxygen atoms in total. The lowest BCUT2D eigenvalue weighted by Crippen LogP contribution is -2.45. The Kier molecular flexibility index (Phi) is 5.90. The van der Waals surface area contributed by atoms with Gasteiger partial charge in [-0.15, -0.1) is 13.2 Å². The van der Waals surface area contributed by atoms with Crippen molar-refractivity contribution >= 4 is 8.32 Å². The predicted molar refractivity (Wildman–Crippen MR) is 107 cm³/mol. The molecule has 0 saturated carbocycles. The Hall–Kier alpha value is -1.16. The SMILES string of the molecule is C=CCC(O[Si](C)(C)C(C)(C)C)[C@@H]1[C@H](c2ccccc2)N1CC=C. The van der Waals surface area contributed by atoms with Crippen LogP contribution in [0.15, 0.2) is 55.6 Å². The van der Waals surface area contributed by atoms with E-state index in [-0.39, 0.29) is 11.1 Å². The van der Waals surface area contributed by atoms with Crippen LogP contribution in [0.4, 0.5) is 0 Å². The molecule has 1 aliphatic rings. The molecule has 0 bridgehead atoms. The van der Waals surface area contributed by atoms with Gasteiger partial charge in [0, 0.05) is 6.54 Å². The second kappa shape index (κ2) is 7.38. The van der Waals surface area contributed by atoms with Crippen LogP contribution in [0.25, 0.3) is 0 Å². The lowest BCUT2D eigenvalue weighted by Gasteiger charge is -2.39. The van der Waals surface area contributed by atoms with Crippen LogP contribution in [-0.2, 0) is 4.43 Å². The lowest BCUT2D eigenvalue weighted by atomic mass is 10.1. The van der Waals surface area contributed by atoms with Crippen LogP contribution < -0.4 is 0 Å². The zero-order valence-corrected chi connectivity index (χ0v) is 17.0. The third-order valence-electron chi connectivity index (χ3n) is 5.49. The molecular weight excluding hydrogens is 310 g/mol. The molecule has 3 heteroatoms. The van der Waals surface area contributed by atoms with Gasteiger partial charge in [0.25, 0.3) is 0 Å². The summed E-state index contributed by atoms with van der Waals surface area (Å²) in [6.07, 6.45) is 5.10. The minimum absolute atomic E-state index is 0.202. The van der Waals surface area contributed by atoms with Crippen molar-refractivity contribution in [1.82, 2.24) is 4.90 Å². The lowest BCUT2D eigenvalue weighted by molar-refractivity contribution is 0.166. The smallest absolute Gasteiger partial charge is 0.192 e. The van der Waals surface area contributed by atoms with E-state index in [0.29, 0.717) is 12.1 Å². The van der Waals surface area contributed by atoms with E-state index in [1.165, 1.54) is 5.56 Å². The second-order valence-corrected chi connectivity index (χ2v) is 13.0. The predicted octanol–water partition coefficient (Wildman–Crippen LogP) is 5.56. The van der Waals surface area contributed by atoms with Gasteiger partial charge in [0.2, 0.25) is 0 Å². The molecule has 132 valence electrons. The molecule has 0 spiro atoms. The van der Waals surface area contributed by atoms with Gasteiger partial charge in [-0.2, -0.15) is 0 Å². The average Bonchev–Trinajstić information content (AvgIpc) is 3.21. The molecular formula is C21H33NOSi. The Bertz CT molecular complexity index is 561. The van der Waals surface area contributed by atoms with E-state index in [1.54, 1.807) is 0 Å². The van der Waals surface area contributed by atoms with Crippen molar-refractivity contribution in [2.24, 2.45) is 0 Å². The summed E-state index contributed by atoms with van der Waals surface area (Å²) in [6.45, 7) is 20.4. The Morgan fingerprint density at radius 2 is 1.79 bits per heavy atom. The first kappa shape index (κ1) is 19.2. The highest BCUT2D eigenvalue weighted by atomic mass is 28.4. The van der Waals surface area contributed by atoms with Gasteiger partial charge in [0.05, 0.1) is 18.2 Å². The van der Waals surface area contributed by atoms with Gasteiger partial charge in [0.1, 0.15) is 0 Å². The van der Waals surface area contributed by atoms with Crippen molar-refractivity contribution in [3.8, 4) is 0 Å². The standard InChI is InChI=1S/C21H33NOSi/c1-8-13-18(23-24(6,7)21(3,4)5)20-19(22(20)16-9-2)17-14-11-10-12-15-17/h8-12,14-15,18-20H,1-2,13,16H2,3-7H3/t18?,19-,20+,22?/m0/s1. The maximum atomic E-state index is 6.79. The third-order valence-corrected chi connectivity index (χ3v) is 9.99. The van der Waals surface area contributed by atoms with Gasteiger partial charge < -0.3 is 4.43 Å². The highest BCUT2D eigenvalue weighted by Gasteiger charge is 2.54. The third kappa shape index (κ3) is 4.08. The number of rotatable bonds is 8. The molecule has 0 N–H and O–H groups in total. The van der Waals surface area contributed by atoms with Crippen LogP contribution in [0.2, 0.25) is 18.1 Å². The van der Waals surface area contributed by atoms with E-state index in [9.17, 15) is 0 Å². The quantitative estimate of drug-likeness (QED) is 0.348. The van der Waals surface area contributed by atoms with Crippen molar-refractivity contribution in [3.63, 3.8) is 0 Å². The molecule has 0 aliphatic carbocycles. The van der Waals surface area contributed by atoms with Crippen LogP contribution in [0.3, 0.4) is 0 Å². The Morgan fingerprint density at radius 3 is 2.29 bits per heavy atom. The summed E-state index contributed by atoms with van der Waals surface area (Å²) in [5, 5.41) is 0.215. The van der Waals surface area contributed by atoms with Crippen LogP contribution in [-0.4, -0.2) is 31.9 Å². The van der Waals surface area contributed by atoms with Crippen molar-refractivity contribution in [2.45, 2.75) is 63.5 Å². The Balaban J connectivity index is 2.23. The van der Waals surface area contributed by atoms with E-state index in [4.69, 9.17) is 4.43 Å². The summed E-state index contributed by atoms with van der Waals surface area (Å²) in [5.74, 6) is 0. The van der Waals surface area contributed by atoms with E-state index in [0.717, 1.165) is 13.0 Å². The Labute approximate surface area is 149 Å². The molecule has 1 heterocycles. The number of hydrogen-bond donors (Lipinski definition) is 0. The van der Waals surface area contributed by atoms with Crippen LogP contribution in [0.5, 0.6) is 0 Å². The fourth-order valence-electron chi connectivity index (χ4n) is 3.11. The van der Waals surface area contributed by atoms with Crippen LogP contribution in [0, 0.1) is 0 Å². The molecule has 4 atom stereocenters. The van der Waals surface area contributed by atoms with E-state index >= 15 is 0 Å². The molecule has 1 saturated heterocycles. The van der Waals surface area contributed by atoms with Crippen LogP contribution in [0.1, 0.15) is 38.8 Å². The highest BCUT2D eigenvalue weighted by molar-refractivity contribution is 6.74. The molecule has 1 fully saturated rings. The van der Waals surface area contributed by atoms with E-state index in [2.05, 4.69) is 82.3 Å². The zero-order valence-electron chi connectivity index (χ0n) is 16.0. The monoisotopic (exact) mass is 343 g/mol.